The van der Waals surface area contributed by atoms with Gasteiger partial charge in [0.25, 0.3) is 0 Å². The van der Waals surface area contributed by atoms with Gasteiger partial charge < -0.3 is 20.8 Å². The summed E-state index contributed by atoms with van der Waals surface area (Å²) in [4.78, 5) is 34.7. The number of likely N-dealkylation sites (tertiary alicyclic amines) is 1. The molecule has 0 aliphatic carbocycles. The number of piperidine rings is 1. The molecular weight excluding hydrogens is 240 g/mol. The first-order chi connectivity index (χ1) is 8.32. The number of amides is 1. The predicted molar refractivity (Wildman–Crippen MR) is 61.8 cm³/mol. The van der Waals surface area contributed by atoms with Crippen LogP contribution in [-0.2, 0) is 14.4 Å². The summed E-state index contributed by atoms with van der Waals surface area (Å²) in [6.07, 6.45) is 0.344. The third-order valence-electron chi connectivity index (χ3n) is 3.22. The molecular formula is C11H18N2O5. The number of carboxylic acids is 2. The quantitative estimate of drug-likeness (QED) is 0.625. The molecule has 102 valence electrons. The zero-order valence-electron chi connectivity index (χ0n) is 10.2. The molecule has 1 rings (SSSR count). The van der Waals surface area contributed by atoms with Gasteiger partial charge in [0.2, 0.25) is 5.91 Å². The van der Waals surface area contributed by atoms with E-state index in [-0.39, 0.29) is 6.04 Å². The lowest BCUT2D eigenvalue weighted by atomic mass is 9.91. The van der Waals surface area contributed by atoms with Crippen LogP contribution in [0.15, 0.2) is 0 Å². The molecule has 4 N–H and O–H groups in total. The Morgan fingerprint density at radius 3 is 2.44 bits per heavy atom. The summed E-state index contributed by atoms with van der Waals surface area (Å²) in [6.45, 7) is 2.06. The molecule has 1 saturated heterocycles. The highest BCUT2D eigenvalue weighted by Gasteiger charge is 2.34. The van der Waals surface area contributed by atoms with E-state index in [1.165, 1.54) is 4.90 Å². The second kappa shape index (κ2) is 5.81. The largest absolute Gasteiger partial charge is 0.481 e. The molecule has 1 amide bonds. The fraction of sp³-hybridized carbons (Fsp3) is 0.727. The van der Waals surface area contributed by atoms with Crippen molar-refractivity contribution in [2.45, 2.75) is 38.3 Å². The standard InChI is InChI=1S/C11H18N2O5/c1-6-4-7(11(17)18)2-3-13(6)10(16)8(12)5-9(14)15/h6-8H,2-5,12H2,1H3,(H,14,15)(H,17,18). The van der Waals surface area contributed by atoms with Crippen LogP contribution in [-0.4, -0.2) is 51.6 Å². The fourth-order valence-electron chi connectivity index (χ4n) is 2.21. The maximum Gasteiger partial charge on any atom is 0.306 e. The second-order valence-corrected chi connectivity index (χ2v) is 4.64. The van der Waals surface area contributed by atoms with Crippen molar-refractivity contribution in [3.63, 3.8) is 0 Å². The van der Waals surface area contributed by atoms with E-state index in [0.717, 1.165) is 0 Å². The summed E-state index contributed by atoms with van der Waals surface area (Å²) >= 11 is 0. The van der Waals surface area contributed by atoms with Gasteiger partial charge in [-0.15, -0.1) is 0 Å². The van der Waals surface area contributed by atoms with Gasteiger partial charge >= 0.3 is 11.9 Å². The minimum Gasteiger partial charge on any atom is -0.481 e. The first-order valence-corrected chi connectivity index (χ1v) is 5.83. The second-order valence-electron chi connectivity index (χ2n) is 4.64. The lowest BCUT2D eigenvalue weighted by Crippen LogP contribution is -2.52. The summed E-state index contributed by atoms with van der Waals surface area (Å²) in [5.74, 6) is -2.85. The number of carbonyl (C=O) groups is 3. The van der Waals surface area contributed by atoms with Crippen LogP contribution < -0.4 is 5.73 Å². The van der Waals surface area contributed by atoms with E-state index in [2.05, 4.69) is 0 Å². The van der Waals surface area contributed by atoms with Crippen molar-refractivity contribution in [1.82, 2.24) is 4.90 Å². The van der Waals surface area contributed by atoms with Crippen LogP contribution in [0.3, 0.4) is 0 Å². The van der Waals surface area contributed by atoms with Gasteiger partial charge in [0.1, 0.15) is 0 Å². The highest BCUT2D eigenvalue weighted by Crippen LogP contribution is 2.23. The number of nitrogens with zero attached hydrogens (tertiary/aromatic N) is 1. The number of hydrogen-bond acceptors (Lipinski definition) is 4. The lowest BCUT2D eigenvalue weighted by Gasteiger charge is -2.37. The van der Waals surface area contributed by atoms with Crippen molar-refractivity contribution in [1.29, 1.82) is 0 Å². The van der Waals surface area contributed by atoms with E-state index in [9.17, 15) is 14.4 Å². The summed E-state index contributed by atoms with van der Waals surface area (Å²) in [5, 5.41) is 17.5. The Hall–Kier alpha value is -1.63. The van der Waals surface area contributed by atoms with Crippen LogP contribution >= 0.6 is 0 Å². The third-order valence-corrected chi connectivity index (χ3v) is 3.22. The molecule has 0 bridgehead atoms. The molecule has 0 aromatic carbocycles. The Morgan fingerprint density at radius 2 is 2.00 bits per heavy atom. The van der Waals surface area contributed by atoms with E-state index in [0.29, 0.717) is 19.4 Å². The SMILES string of the molecule is CC1CC(C(=O)O)CCN1C(=O)C(N)CC(=O)O. The van der Waals surface area contributed by atoms with E-state index < -0.39 is 36.2 Å². The van der Waals surface area contributed by atoms with Gasteiger partial charge in [0, 0.05) is 12.6 Å². The van der Waals surface area contributed by atoms with Crippen molar-refractivity contribution >= 4 is 17.8 Å². The predicted octanol–water partition coefficient (Wildman–Crippen LogP) is -0.500. The topological polar surface area (TPSA) is 121 Å². The third kappa shape index (κ3) is 3.43. The molecule has 3 unspecified atom stereocenters. The van der Waals surface area contributed by atoms with E-state index in [1.54, 1.807) is 6.92 Å². The first-order valence-electron chi connectivity index (χ1n) is 5.83. The Bertz CT molecular complexity index is 357. The number of nitrogens with two attached hydrogens (primary N) is 1. The molecule has 0 saturated carbocycles. The van der Waals surface area contributed by atoms with Crippen molar-refractivity contribution in [2.75, 3.05) is 6.54 Å². The fourth-order valence-corrected chi connectivity index (χ4v) is 2.21. The van der Waals surface area contributed by atoms with Gasteiger partial charge in [0.15, 0.2) is 0 Å². The van der Waals surface area contributed by atoms with Crippen LogP contribution in [0.25, 0.3) is 0 Å². The summed E-state index contributed by atoms with van der Waals surface area (Å²) in [5.41, 5.74) is 5.52. The van der Waals surface area contributed by atoms with Gasteiger partial charge in [-0.05, 0) is 19.8 Å². The molecule has 7 heteroatoms. The Morgan fingerprint density at radius 1 is 1.39 bits per heavy atom. The van der Waals surface area contributed by atoms with Gasteiger partial charge in [-0.25, -0.2) is 0 Å². The molecule has 1 heterocycles. The molecule has 0 aromatic rings. The highest BCUT2D eigenvalue weighted by molar-refractivity contribution is 5.86. The summed E-state index contributed by atoms with van der Waals surface area (Å²) in [7, 11) is 0. The Balaban J connectivity index is 2.60. The van der Waals surface area contributed by atoms with Crippen LogP contribution in [0.2, 0.25) is 0 Å². The molecule has 7 nitrogen and oxygen atoms in total. The van der Waals surface area contributed by atoms with Crippen molar-refractivity contribution in [2.24, 2.45) is 11.7 Å². The minimum absolute atomic E-state index is 0.229. The molecule has 3 atom stereocenters. The van der Waals surface area contributed by atoms with Crippen LogP contribution in [0.1, 0.15) is 26.2 Å². The maximum atomic E-state index is 11.9. The van der Waals surface area contributed by atoms with Gasteiger partial charge in [0.05, 0.1) is 18.4 Å². The van der Waals surface area contributed by atoms with E-state index >= 15 is 0 Å². The van der Waals surface area contributed by atoms with Gasteiger partial charge in [-0.2, -0.15) is 0 Å². The molecule has 1 aliphatic rings. The molecule has 1 aliphatic heterocycles. The summed E-state index contributed by atoms with van der Waals surface area (Å²) < 4.78 is 0. The molecule has 18 heavy (non-hydrogen) atoms. The van der Waals surface area contributed by atoms with E-state index in [1.807, 2.05) is 0 Å². The number of carbonyl (C=O) groups excluding carboxylic acids is 1. The normalized spacial score (nSPS) is 25.6. The van der Waals surface area contributed by atoms with Crippen LogP contribution in [0, 0.1) is 5.92 Å². The number of hydrogen-bond donors (Lipinski definition) is 3. The van der Waals surface area contributed by atoms with Crippen molar-refractivity contribution in [3.8, 4) is 0 Å². The zero-order chi connectivity index (χ0) is 13.9. The maximum absolute atomic E-state index is 11.9. The van der Waals surface area contributed by atoms with E-state index in [4.69, 9.17) is 15.9 Å². The Labute approximate surface area is 105 Å². The zero-order valence-corrected chi connectivity index (χ0v) is 10.2. The average Bonchev–Trinajstić information content (AvgIpc) is 2.26. The highest BCUT2D eigenvalue weighted by atomic mass is 16.4. The number of carboxylic acid groups (broad SMARTS) is 2. The Kier molecular flexibility index (Phi) is 4.66. The first kappa shape index (κ1) is 14.4. The number of rotatable bonds is 4. The molecule has 0 radical (unpaired) electrons. The monoisotopic (exact) mass is 258 g/mol. The van der Waals surface area contributed by atoms with Crippen LogP contribution in [0.4, 0.5) is 0 Å². The molecule has 0 aromatic heterocycles. The number of aliphatic carboxylic acids is 2. The van der Waals surface area contributed by atoms with Gasteiger partial charge in [-0.1, -0.05) is 0 Å². The molecule has 0 spiro atoms. The van der Waals surface area contributed by atoms with Gasteiger partial charge in [-0.3, -0.25) is 14.4 Å². The van der Waals surface area contributed by atoms with Crippen molar-refractivity contribution in [3.05, 3.63) is 0 Å². The lowest BCUT2D eigenvalue weighted by molar-refractivity contribution is -0.148. The summed E-state index contributed by atoms with van der Waals surface area (Å²) in [6, 6.07) is -1.29. The molecule has 1 fully saturated rings. The van der Waals surface area contributed by atoms with Crippen LogP contribution in [0.5, 0.6) is 0 Å². The van der Waals surface area contributed by atoms with Crippen molar-refractivity contribution < 1.29 is 24.6 Å². The average molecular weight is 258 g/mol. The smallest absolute Gasteiger partial charge is 0.306 e. The minimum atomic E-state index is -1.12.